The van der Waals surface area contributed by atoms with Gasteiger partial charge in [0.2, 0.25) is 5.91 Å². The van der Waals surface area contributed by atoms with Crippen molar-refractivity contribution >= 4 is 5.91 Å². The van der Waals surface area contributed by atoms with Crippen molar-refractivity contribution in [2.45, 2.75) is 44.3 Å². The molecule has 0 spiro atoms. The molecule has 0 saturated carbocycles. The first-order chi connectivity index (χ1) is 12.7. The third kappa shape index (κ3) is 5.13. The second kappa shape index (κ2) is 9.46. The van der Waals surface area contributed by atoms with E-state index in [2.05, 4.69) is 10.3 Å². The molecule has 1 aliphatic heterocycles. The van der Waals surface area contributed by atoms with Crippen LogP contribution in [0.1, 0.15) is 43.0 Å². The molecule has 3 N–H and O–H groups in total. The maximum Gasteiger partial charge on any atom is 0.225 e. The van der Waals surface area contributed by atoms with Gasteiger partial charge in [0.25, 0.3) is 0 Å². The second-order valence-electron chi connectivity index (χ2n) is 6.90. The minimum Gasteiger partial charge on any atom is -0.334 e. The van der Waals surface area contributed by atoms with Crippen LogP contribution < -0.4 is 11.1 Å². The van der Waals surface area contributed by atoms with Gasteiger partial charge in [0, 0.05) is 24.7 Å². The molecule has 3 rings (SSSR count). The number of nitrogens with two attached hydrogens (primary N) is 1. The van der Waals surface area contributed by atoms with E-state index >= 15 is 0 Å². The Kier molecular flexibility index (Phi) is 6.75. The highest BCUT2D eigenvalue weighted by atomic mass is 16.2. The average Bonchev–Trinajstić information content (AvgIpc) is 2.97. The van der Waals surface area contributed by atoms with Crippen LogP contribution in [0, 0.1) is 0 Å². The molecule has 1 aromatic carbocycles. The molecule has 2 unspecified atom stereocenters. The molecule has 1 saturated heterocycles. The number of benzene rings is 1. The molecule has 0 bridgehead atoms. The zero-order valence-corrected chi connectivity index (χ0v) is 15.2. The van der Waals surface area contributed by atoms with Gasteiger partial charge in [-0.2, -0.15) is 0 Å². The molecule has 0 aliphatic carbocycles. The van der Waals surface area contributed by atoms with Gasteiger partial charge >= 0.3 is 0 Å². The van der Waals surface area contributed by atoms with E-state index in [9.17, 15) is 4.79 Å². The topological polar surface area (TPSA) is 71.2 Å². The zero-order valence-electron chi connectivity index (χ0n) is 15.2. The Bertz CT molecular complexity index is 669. The average molecular weight is 352 g/mol. The number of hydrogen-bond acceptors (Lipinski definition) is 4. The summed E-state index contributed by atoms with van der Waals surface area (Å²) < 4.78 is 0. The minimum absolute atomic E-state index is 0.110. The fourth-order valence-corrected chi connectivity index (χ4v) is 3.52. The van der Waals surface area contributed by atoms with Crippen LogP contribution in [0.15, 0.2) is 54.7 Å². The maximum atomic E-state index is 13.1. The van der Waals surface area contributed by atoms with Gasteiger partial charge in [-0.1, -0.05) is 36.4 Å². The van der Waals surface area contributed by atoms with Crippen LogP contribution in [-0.4, -0.2) is 34.9 Å². The van der Waals surface area contributed by atoms with Gasteiger partial charge in [0.05, 0.1) is 12.2 Å². The predicted molar refractivity (Wildman–Crippen MR) is 103 cm³/mol. The molecule has 2 aromatic rings. The second-order valence-corrected chi connectivity index (χ2v) is 6.90. The SMILES string of the molecule is NC(CC(=O)N(Cc1ccccn1)C1CCCNCC1)c1ccccc1. The summed E-state index contributed by atoms with van der Waals surface area (Å²) in [5.74, 6) is 0.110. The molecule has 1 aliphatic rings. The lowest BCUT2D eigenvalue weighted by atomic mass is 10.0. The Labute approximate surface area is 155 Å². The largest absolute Gasteiger partial charge is 0.334 e. The zero-order chi connectivity index (χ0) is 18.2. The number of nitrogens with one attached hydrogen (secondary N) is 1. The van der Waals surface area contributed by atoms with Crippen molar-refractivity contribution in [1.82, 2.24) is 15.2 Å². The summed E-state index contributed by atoms with van der Waals surface area (Å²) in [6, 6.07) is 15.7. The molecule has 1 aromatic heterocycles. The normalized spacial score (nSPS) is 18.7. The molecule has 138 valence electrons. The van der Waals surface area contributed by atoms with E-state index in [0.29, 0.717) is 13.0 Å². The van der Waals surface area contributed by atoms with Gasteiger partial charge in [0.15, 0.2) is 0 Å². The smallest absolute Gasteiger partial charge is 0.225 e. The van der Waals surface area contributed by atoms with Crippen molar-refractivity contribution in [1.29, 1.82) is 0 Å². The quantitative estimate of drug-likeness (QED) is 0.838. The number of aromatic nitrogens is 1. The van der Waals surface area contributed by atoms with E-state index in [1.54, 1.807) is 6.20 Å². The summed E-state index contributed by atoms with van der Waals surface area (Å²) in [5, 5.41) is 3.42. The van der Waals surface area contributed by atoms with Crippen molar-refractivity contribution in [3.63, 3.8) is 0 Å². The molecule has 1 fully saturated rings. The fraction of sp³-hybridized carbons (Fsp3) is 0.429. The highest BCUT2D eigenvalue weighted by Gasteiger charge is 2.26. The summed E-state index contributed by atoms with van der Waals surface area (Å²) in [6.45, 7) is 2.51. The van der Waals surface area contributed by atoms with Crippen LogP contribution in [0.4, 0.5) is 0 Å². The molecule has 5 heteroatoms. The molecular weight excluding hydrogens is 324 g/mol. The lowest BCUT2D eigenvalue weighted by molar-refractivity contribution is -0.135. The lowest BCUT2D eigenvalue weighted by Gasteiger charge is -2.32. The van der Waals surface area contributed by atoms with E-state index in [1.165, 1.54) is 0 Å². The highest BCUT2D eigenvalue weighted by molar-refractivity contribution is 5.77. The summed E-state index contributed by atoms with van der Waals surface area (Å²) in [4.78, 5) is 19.6. The molecule has 2 atom stereocenters. The number of nitrogens with zero attached hydrogens (tertiary/aromatic N) is 2. The van der Waals surface area contributed by atoms with E-state index in [-0.39, 0.29) is 18.0 Å². The van der Waals surface area contributed by atoms with Crippen LogP contribution in [0.2, 0.25) is 0 Å². The molecular formula is C21H28N4O. The summed E-state index contributed by atoms with van der Waals surface area (Å²) in [6.07, 6.45) is 5.18. The number of pyridine rings is 1. The molecule has 26 heavy (non-hydrogen) atoms. The maximum absolute atomic E-state index is 13.1. The molecule has 1 amide bonds. The van der Waals surface area contributed by atoms with Gasteiger partial charge in [-0.3, -0.25) is 9.78 Å². The van der Waals surface area contributed by atoms with Gasteiger partial charge < -0.3 is 16.0 Å². The Morgan fingerprint density at radius 2 is 1.96 bits per heavy atom. The van der Waals surface area contributed by atoms with Crippen LogP contribution in [-0.2, 0) is 11.3 Å². The van der Waals surface area contributed by atoms with Crippen molar-refractivity contribution in [3.8, 4) is 0 Å². The predicted octanol–water partition coefficient (Wildman–Crippen LogP) is 2.64. The first-order valence-electron chi connectivity index (χ1n) is 9.44. The number of carbonyl (C=O) groups excluding carboxylic acids is 1. The van der Waals surface area contributed by atoms with Gasteiger partial charge in [-0.05, 0) is 50.0 Å². The molecule has 0 radical (unpaired) electrons. The van der Waals surface area contributed by atoms with Crippen LogP contribution >= 0.6 is 0 Å². The van der Waals surface area contributed by atoms with E-state index in [1.807, 2.05) is 53.4 Å². The Morgan fingerprint density at radius 1 is 1.15 bits per heavy atom. The highest BCUT2D eigenvalue weighted by Crippen LogP contribution is 2.21. The number of amides is 1. The van der Waals surface area contributed by atoms with Gasteiger partial charge in [-0.15, -0.1) is 0 Å². The van der Waals surface area contributed by atoms with E-state index < -0.39 is 0 Å². The Hall–Kier alpha value is -2.24. The third-order valence-corrected chi connectivity index (χ3v) is 4.99. The van der Waals surface area contributed by atoms with Crippen LogP contribution in [0.25, 0.3) is 0 Å². The van der Waals surface area contributed by atoms with Crippen LogP contribution in [0.5, 0.6) is 0 Å². The first kappa shape index (κ1) is 18.5. The lowest BCUT2D eigenvalue weighted by Crippen LogP contribution is -2.41. The molecule has 2 heterocycles. The number of hydrogen-bond donors (Lipinski definition) is 2. The monoisotopic (exact) mass is 352 g/mol. The van der Waals surface area contributed by atoms with Gasteiger partial charge in [-0.25, -0.2) is 0 Å². The van der Waals surface area contributed by atoms with E-state index in [4.69, 9.17) is 5.73 Å². The molecule has 5 nitrogen and oxygen atoms in total. The summed E-state index contributed by atoms with van der Waals surface area (Å²) >= 11 is 0. The van der Waals surface area contributed by atoms with Crippen molar-refractivity contribution in [2.75, 3.05) is 13.1 Å². The van der Waals surface area contributed by atoms with E-state index in [0.717, 1.165) is 43.6 Å². The van der Waals surface area contributed by atoms with Crippen molar-refractivity contribution in [2.24, 2.45) is 5.73 Å². The number of carbonyl (C=O) groups is 1. The Morgan fingerprint density at radius 3 is 2.73 bits per heavy atom. The van der Waals surface area contributed by atoms with Crippen LogP contribution in [0.3, 0.4) is 0 Å². The van der Waals surface area contributed by atoms with Crippen molar-refractivity contribution < 1.29 is 4.79 Å². The summed E-state index contributed by atoms with van der Waals surface area (Å²) in [5.41, 5.74) is 8.24. The minimum atomic E-state index is -0.279. The fourth-order valence-electron chi connectivity index (χ4n) is 3.52. The standard InChI is InChI=1S/C21H28N4O/c22-20(17-7-2-1-3-8-17)15-21(26)25(16-18-9-4-5-13-24-18)19-10-6-12-23-14-11-19/h1-5,7-9,13,19-20,23H,6,10-12,14-16,22H2. The first-order valence-corrected chi connectivity index (χ1v) is 9.44. The summed E-state index contributed by atoms with van der Waals surface area (Å²) in [7, 11) is 0. The Balaban J connectivity index is 1.73. The van der Waals surface area contributed by atoms with Crippen molar-refractivity contribution in [3.05, 3.63) is 66.0 Å². The number of rotatable bonds is 6. The third-order valence-electron chi connectivity index (χ3n) is 4.99. The van der Waals surface area contributed by atoms with Gasteiger partial charge in [0.1, 0.15) is 0 Å².